The van der Waals surface area contributed by atoms with E-state index in [1.165, 1.54) is 66.8 Å². The summed E-state index contributed by atoms with van der Waals surface area (Å²) in [4.78, 5) is 1.03. The Labute approximate surface area is 203 Å². The zero-order chi connectivity index (χ0) is 23.3. The molecule has 6 rings (SSSR count). The van der Waals surface area contributed by atoms with E-state index in [0.29, 0.717) is 0 Å². The highest BCUT2D eigenvalue weighted by molar-refractivity contribution is 7.80. The van der Waals surface area contributed by atoms with Crippen molar-refractivity contribution in [3.63, 3.8) is 0 Å². The fourth-order valence-corrected chi connectivity index (χ4v) is 6.56. The van der Waals surface area contributed by atoms with E-state index in [4.69, 9.17) is 12.6 Å². The Morgan fingerprint density at radius 2 is 1.24 bits per heavy atom. The molecule has 0 heterocycles. The zero-order valence-electron chi connectivity index (χ0n) is 20.3. The lowest BCUT2D eigenvalue weighted by Crippen LogP contribution is -2.17. The molecule has 0 aliphatic heterocycles. The number of hydrogen-bond donors (Lipinski definition) is 1. The highest BCUT2D eigenvalue weighted by Crippen LogP contribution is 2.57. The summed E-state index contributed by atoms with van der Waals surface area (Å²) in [5.74, 6) is 0. The van der Waals surface area contributed by atoms with Crippen LogP contribution in [0, 0.1) is 13.8 Å². The second kappa shape index (κ2) is 6.64. The van der Waals surface area contributed by atoms with Crippen LogP contribution in [-0.2, 0) is 10.8 Å². The van der Waals surface area contributed by atoms with Crippen molar-refractivity contribution >= 4 is 12.6 Å². The quantitative estimate of drug-likeness (QED) is 0.277. The maximum absolute atomic E-state index is 4.78. The molecule has 4 aromatic rings. The van der Waals surface area contributed by atoms with Crippen molar-refractivity contribution in [3.05, 3.63) is 100 Å². The first kappa shape index (κ1) is 20.8. The first-order chi connectivity index (χ1) is 15.6. The molecule has 0 radical (unpaired) electrons. The zero-order valence-corrected chi connectivity index (χ0v) is 21.2. The van der Waals surface area contributed by atoms with Gasteiger partial charge in [-0.3, -0.25) is 0 Å². The van der Waals surface area contributed by atoms with Gasteiger partial charge in [0.25, 0.3) is 0 Å². The first-order valence-corrected chi connectivity index (χ1v) is 12.3. The van der Waals surface area contributed by atoms with Crippen LogP contribution in [0.5, 0.6) is 0 Å². The molecule has 0 N–H and O–H groups in total. The van der Waals surface area contributed by atoms with Gasteiger partial charge in [0.05, 0.1) is 0 Å². The number of benzene rings is 4. The number of aryl methyl sites for hydroxylation is 2. The molecule has 0 aromatic heterocycles. The summed E-state index contributed by atoms with van der Waals surface area (Å²) in [5, 5.41) is 0. The van der Waals surface area contributed by atoms with Crippen molar-refractivity contribution in [2.75, 3.05) is 0 Å². The molecule has 1 heteroatoms. The molecular formula is C32H30S. The molecule has 164 valence electrons. The molecule has 2 aliphatic rings. The van der Waals surface area contributed by atoms with Crippen LogP contribution in [0.2, 0.25) is 0 Å². The monoisotopic (exact) mass is 446 g/mol. The average molecular weight is 447 g/mol. The highest BCUT2D eigenvalue weighted by atomic mass is 32.1. The van der Waals surface area contributed by atoms with E-state index in [9.17, 15) is 0 Å². The van der Waals surface area contributed by atoms with Crippen LogP contribution in [0.15, 0.2) is 71.6 Å². The highest BCUT2D eigenvalue weighted by Gasteiger charge is 2.42. The minimum Gasteiger partial charge on any atom is -0.143 e. The van der Waals surface area contributed by atoms with E-state index >= 15 is 0 Å². The van der Waals surface area contributed by atoms with Gasteiger partial charge in [-0.15, -0.1) is 12.6 Å². The Kier molecular flexibility index (Phi) is 4.19. The van der Waals surface area contributed by atoms with E-state index in [1.54, 1.807) is 0 Å². The van der Waals surface area contributed by atoms with Crippen molar-refractivity contribution in [2.24, 2.45) is 0 Å². The van der Waals surface area contributed by atoms with Crippen molar-refractivity contribution in [3.8, 4) is 33.4 Å². The number of hydrogen-bond acceptors (Lipinski definition) is 1. The van der Waals surface area contributed by atoms with Crippen molar-refractivity contribution < 1.29 is 0 Å². The van der Waals surface area contributed by atoms with Crippen LogP contribution >= 0.6 is 12.6 Å². The molecule has 0 saturated carbocycles. The summed E-state index contributed by atoms with van der Waals surface area (Å²) in [6.07, 6.45) is 0. The molecular weight excluding hydrogens is 416 g/mol. The summed E-state index contributed by atoms with van der Waals surface area (Å²) in [6, 6.07) is 25.2. The Morgan fingerprint density at radius 1 is 0.576 bits per heavy atom. The number of thiol groups is 1. The van der Waals surface area contributed by atoms with Crippen LogP contribution in [0.3, 0.4) is 0 Å². The lowest BCUT2D eigenvalue weighted by atomic mass is 9.79. The number of fused-ring (bicyclic) bond motifs is 6. The van der Waals surface area contributed by atoms with Crippen LogP contribution < -0.4 is 0 Å². The fraction of sp³-hybridized carbons (Fsp3) is 0.250. The van der Waals surface area contributed by atoms with Gasteiger partial charge in [0.1, 0.15) is 0 Å². The molecule has 33 heavy (non-hydrogen) atoms. The van der Waals surface area contributed by atoms with E-state index in [1.807, 2.05) is 0 Å². The maximum Gasteiger partial charge on any atom is 0.0159 e. The van der Waals surface area contributed by atoms with Gasteiger partial charge in [0.15, 0.2) is 0 Å². The Balaban J connectivity index is 1.61. The van der Waals surface area contributed by atoms with Crippen molar-refractivity contribution in [1.29, 1.82) is 0 Å². The third-order valence-electron chi connectivity index (χ3n) is 8.14. The second-order valence-electron chi connectivity index (χ2n) is 11.0. The van der Waals surface area contributed by atoms with Gasteiger partial charge in [-0.1, -0.05) is 75.7 Å². The SMILES string of the molecule is Cc1ccc(S)c(-c2cc(C)c3c(c2)C(C)(C)c2cc4c(cc2-3)C(C)(C)c2ccccc2-4)c1. The summed E-state index contributed by atoms with van der Waals surface area (Å²) >= 11 is 4.78. The van der Waals surface area contributed by atoms with Crippen molar-refractivity contribution in [2.45, 2.75) is 57.3 Å². The van der Waals surface area contributed by atoms with Crippen molar-refractivity contribution in [1.82, 2.24) is 0 Å². The molecule has 0 nitrogen and oxygen atoms in total. The van der Waals surface area contributed by atoms with Gasteiger partial charge >= 0.3 is 0 Å². The molecule has 0 unspecified atom stereocenters. The van der Waals surface area contributed by atoms with Crippen LogP contribution in [0.25, 0.3) is 33.4 Å². The Morgan fingerprint density at radius 3 is 2.03 bits per heavy atom. The molecule has 0 amide bonds. The smallest absolute Gasteiger partial charge is 0.0159 e. The topological polar surface area (TPSA) is 0 Å². The molecule has 0 bridgehead atoms. The first-order valence-electron chi connectivity index (χ1n) is 11.8. The predicted octanol–water partition coefficient (Wildman–Crippen LogP) is 8.87. The third kappa shape index (κ3) is 2.72. The van der Waals surface area contributed by atoms with E-state index < -0.39 is 0 Å². The van der Waals surface area contributed by atoms with Gasteiger partial charge in [-0.25, -0.2) is 0 Å². The fourth-order valence-electron chi connectivity index (χ4n) is 6.29. The summed E-state index contributed by atoms with van der Waals surface area (Å²) in [5.41, 5.74) is 16.4. The lowest BCUT2D eigenvalue weighted by Gasteiger charge is -2.24. The summed E-state index contributed by atoms with van der Waals surface area (Å²) < 4.78 is 0. The van der Waals surface area contributed by atoms with Gasteiger partial charge < -0.3 is 0 Å². The summed E-state index contributed by atoms with van der Waals surface area (Å²) in [6.45, 7) is 13.9. The lowest BCUT2D eigenvalue weighted by molar-refractivity contribution is 0.652. The van der Waals surface area contributed by atoms with Crippen LogP contribution in [-0.4, -0.2) is 0 Å². The molecule has 0 fully saturated rings. The van der Waals surface area contributed by atoms with E-state index in [2.05, 4.69) is 108 Å². The maximum atomic E-state index is 4.78. The number of rotatable bonds is 1. The predicted molar refractivity (Wildman–Crippen MR) is 144 cm³/mol. The Hall–Kier alpha value is -2.77. The van der Waals surface area contributed by atoms with E-state index in [0.717, 1.165) is 4.90 Å². The van der Waals surface area contributed by atoms with Crippen LogP contribution in [0.4, 0.5) is 0 Å². The third-order valence-corrected chi connectivity index (χ3v) is 8.53. The summed E-state index contributed by atoms with van der Waals surface area (Å²) in [7, 11) is 0. The molecule has 4 aromatic carbocycles. The minimum absolute atomic E-state index is 0.0180. The Bertz CT molecular complexity index is 1480. The molecule has 0 atom stereocenters. The standard InChI is InChI=1S/C32H30S/c1-18-11-12-29(33)22(13-18)20-14-19(2)30-24-17-26-23(16-27(24)32(5,6)28(30)15-20)21-9-7-8-10-25(21)31(26,3)4/h7-17,33H,1-6H3. The van der Waals surface area contributed by atoms with Gasteiger partial charge in [0, 0.05) is 15.7 Å². The molecule has 0 spiro atoms. The van der Waals surface area contributed by atoms with Gasteiger partial charge in [0.2, 0.25) is 0 Å². The van der Waals surface area contributed by atoms with Gasteiger partial charge in [-0.2, -0.15) is 0 Å². The average Bonchev–Trinajstić information content (AvgIpc) is 3.14. The second-order valence-corrected chi connectivity index (χ2v) is 11.5. The molecule has 2 aliphatic carbocycles. The largest absolute Gasteiger partial charge is 0.143 e. The normalized spacial score (nSPS) is 16.2. The van der Waals surface area contributed by atoms with Crippen LogP contribution in [0.1, 0.15) is 61.1 Å². The van der Waals surface area contributed by atoms with Gasteiger partial charge in [-0.05, 0) is 99.3 Å². The molecule has 0 saturated heterocycles. The minimum atomic E-state index is -0.0528. The van der Waals surface area contributed by atoms with E-state index in [-0.39, 0.29) is 10.8 Å².